The van der Waals surface area contributed by atoms with E-state index in [1.165, 1.54) is 6.92 Å². The molecule has 1 aromatic heterocycles. The van der Waals surface area contributed by atoms with Gasteiger partial charge in [0.05, 0.1) is 11.4 Å². The SMILES string of the molecule is Cc1c(C(N)=O)c(=O)n(-c2ccccc2)n1C=O. The predicted octanol–water partition coefficient (Wildman–Crippen LogP) is 0.0846. The van der Waals surface area contributed by atoms with Crippen LogP contribution in [0.2, 0.25) is 0 Å². The number of amides is 1. The van der Waals surface area contributed by atoms with Gasteiger partial charge < -0.3 is 5.73 Å². The molecule has 0 aliphatic carbocycles. The number of primary amides is 1. The molecule has 2 aromatic rings. The van der Waals surface area contributed by atoms with E-state index in [1.807, 2.05) is 0 Å². The average Bonchev–Trinajstić information content (AvgIpc) is 2.61. The Morgan fingerprint density at radius 2 is 1.89 bits per heavy atom. The van der Waals surface area contributed by atoms with Crippen LogP contribution in [0.5, 0.6) is 0 Å². The maximum atomic E-state index is 12.1. The Morgan fingerprint density at radius 1 is 1.28 bits per heavy atom. The number of rotatable bonds is 3. The molecule has 0 bridgehead atoms. The first-order valence-electron chi connectivity index (χ1n) is 5.22. The van der Waals surface area contributed by atoms with E-state index < -0.39 is 11.5 Å². The number of aromatic nitrogens is 2. The van der Waals surface area contributed by atoms with Gasteiger partial charge >= 0.3 is 0 Å². The first-order valence-corrected chi connectivity index (χ1v) is 5.22. The van der Waals surface area contributed by atoms with Crippen LogP contribution in [0.4, 0.5) is 0 Å². The van der Waals surface area contributed by atoms with E-state index in [-0.39, 0.29) is 11.3 Å². The number of benzene rings is 1. The van der Waals surface area contributed by atoms with Gasteiger partial charge in [-0.15, -0.1) is 0 Å². The van der Waals surface area contributed by atoms with E-state index >= 15 is 0 Å². The molecule has 6 heteroatoms. The summed E-state index contributed by atoms with van der Waals surface area (Å²) in [7, 11) is 0. The summed E-state index contributed by atoms with van der Waals surface area (Å²) in [5, 5.41) is 0. The summed E-state index contributed by atoms with van der Waals surface area (Å²) >= 11 is 0. The van der Waals surface area contributed by atoms with Crippen molar-refractivity contribution in [2.45, 2.75) is 6.92 Å². The molecular formula is C12H11N3O3. The lowest BCUT2D eigenvalue weighted by Crippen LogP contribution is -2.25. The topological polar surface area (TPSA) is 87.1 Å². The van der Waals surface area contributed by atoms with Crippen molar-refractivity contribution in [1.82, 2.24) is 9.36 Å². The minimum atomic E-state index is -0.845. The first-order chi connectivity index (χ1) is 8.57. The summed E-state index contributed by atoms with van der Waals surface area (Å²) in [6, 6.07) is 8.55. The van der Waals surface area contributed by atoms with Gasteiger partial charge in [0.1, 0.15) is 5.56 Å². The van der Waals surface area contributed by atoms with Gasteiger partial charge in [-0.25, -0.2) is 9.36 Å². The van der Waals surface area contributed by atoms with Gasteiger partial charge in [0.2, 0.25) is 6.41 Å². The minimum absolute atomic E-state index is 0.175. The summed E-state index contributed by atoms with van der Waals surface area (Å²) < 4.78 is 2.18. The highest BCUT2D eigenvalue weighted by Gasteiger charge is 2.21. The third-order valence-electron chi connectivity index (χ3n) is 2.67. The summed E-state index contributed by atoms with van der Waals surface area (Å²) in [6.07, 6.45) is 0.468. The monoisotopic (exact) mass is 245 g/mol. The molecule has 1 amide bonds. The fraction of sp³-hybridized carbons (Fsp3) is 0.0833. The molecule has 2 rings (SSSR count). The number of carbonyl (C=O) groups is 2. The summed E-state index contributed by atoms with van der Waals surface area (Å²) in [5.41, 5.74) is 5.09. The maximum Gasteiger partial charge on any atom is 0.284 e. The van der Waals surface area contributed by atoms with E-state index in [2.05, 4.69) is 0 Å². The van der Waals surface area contributed by atoms with Crippen LogP contribution in [0.25, 0.3) is 5.69 Å². The van der Waals surface area contributed by atoms with E-state index in [9.17, 15) is 14.4 Å². The molecule has 0 radical (unpaired) electrons. The lowest BCUT2D eigenvalue weighted by atomic mass is 10.2. The zero-order chi connectivity index (χ0) is 13.3. The van der Waals surface area contributed by atoms with Crippen molar-refractivity contribution in [2.24, 2.45) is 5.73 Å². The van der Waals surface area contributed by atoms with Crippen LogP contribution in [0.15, 0.2) is 35.1 Å². The molecule has 1 aromatic carbocycles. The minimum Gasteiger partial charge on any atom is -0.365 e. The number of para-hydroxylation sites is 1. The number of hydrogen-bond donors (Lipinski definition) is 1. The van der Waals surface area contributed by atoms with Crippen LogP contribution >= 0.6 is 0 Å². The van der Waals surface area contributed by atoms with Gasteiger partial charge in [0.15, 0.2) is 0 Å². The third kappa shape index (κ3) is 1.64. The van der Waals surface area contributed by atoms with Crippen LogP contribution < -0.4 is 11.3 Å². The smallest absolute Gasteiger partial charge is 0.284 e. The molecule has 0 spiro atoms. The van der Waals surface area contributed by atoms with Gasteiger partial charge in [-0.05, 0) is 19.1 Å². The molecule has 0 aliphatic heterocycles. The second kappa shape index (κ2) is 4.33. The van der Waals surface area contributed by atoms with E-state index in [4.69, 9.17) is 5.73 Å². The molecule has 18 heavy (non-hydrogen) atoms. The summed E-state index contributed by atoms with van der Waals surface area (Å²) in [6.45, 7) is 1.50. The number of nitrogens with zero attached hydrogens (tertiary/aromatic N) is 2. The van der Waals surface area contributed by atoms with Crippen molar-refractivity contribution >= 4 is 12.3 Å². The van der Waals surface area contributed by atoms with Crippen LogP contribution in [0, 0.1) is 6.92 Å². The fourth-order valence-electron chi connectivity index (χ4n) is 1.84. The average molecular weight is 245 g/mol. The number of carbonyl (C=O) groups excluding carboxylic acids is 2. The van der Waals surface area contributed by atoms with E-state index in [0.717, 1.165) is 9.36 Å². The zero-order valence-corrected chi connectivity index (χ0v) is 9.66. The Labute approximate surface area is 102 Å². The van der Waals surface area contributed by atoms with Gasteiger partial charge in [-0.1, -0.05) is 18.2 Å². The third-order valence-corrected chi connectivity index (χ3v) is 2.67. The molecule has 0 fully saturated rings. The van der Waals surface area contributed by atoms with Gasteiger partial charge in [0.25, 0.3) is 11.5 Å². The van der Waals surface area contributed by atoms with E-state index in [0.29, 0.717) is 12.1 Å². The molecule has 0 aliphatic rings. The van der Waals surface area contributed by atoms with Crippen LogP contribution in [-0.4, -0.2) is 21.7 Å². The van der Waals surface area contributed by atoms with Crippen LogP contribution in [0.1, 0.15) is 16.1 Å². The molecule has 2 N–H and O–H groups in total. The van der Waals surface area contributed by atoms with Crippen LogP contribution in [0.3, 0.4) is 0 Å². The summed E-state index contributed by atoms with van der Waals surface area (Å²) in [4.78, 5) is 34.4. The largest absolute Gasteiger partial charge is 0.365 e. The standard InChI is InChI=1S/C12H11N3O3/c1-8-10(11(13)17)12(18)15(14(8)7-16)9-5-3-2-4-6-9/h2-7H,1H3,(H2,13,17). The second-order valence-corrected chi connectivity index (χ2v) is 3.73. The normalized spacial score (nSPS) is 10.3. The van der Waals surface area contributed by atoms with Crippen molar-refractivity contribution in [3.63, 3.8) is 0 Å². The quantitative estimate of drug-likeness (QED) is 0.777. The van der Waals surface area contributed by atoms with Gasteiger partial charge in [-0.2, -0.15) is 0 Å². The Morgan fingerprint density at radius 3 is 2.39 bits per heavy atom. The van der Waals surface area contributed by atoms with Crippen molar-refractivity contribution in [2.75, 3.05) is 0 Å². The predicted molar refractivity (Wildman–Crippen MR) is 65.4 cm³/mol. The number of hydrogen-bond acceptors (Lipinski definition) is 3. The molecule has 0 unspecified atom stereocenters. The highest BCUT2D eigenvalue weighted by Crippen LogP contribution is 2.09. The molecule has 0 saturated carbocycles. The highest BCUT2D eigenvalue weighted by molar-refractivity contribution is 5.94. The molecule has 1 heterocycles. The lowest BCUT2D eigenvalue weighted by Gasteiger charge is -2.06. The van der Waals surface area contributed by atoms with Crippen molar-refractivity contribution < 1.29 is 9.59 Å². The Hall–Kier alpha value is -2.63. The molecule has 0 atom stereocenters. The maximum absolute atomic E-state index is 12.1. The Kier molecular flexibility index (Phi) is 2.85. The number of nitrogens with two attached hydrogens (primary N) is 1. The van der Waals surface area contributed by atoms with Crippen molar-refractivity contribution in [1.29, 1.82) is 0 Å². The second-order valence-electron chi connectivity index (χ2n) is 3.73. The molecular weight excluding hydrogens is 234 g/mol. The van der Waals surface area contributed by atoms with Crippen LogP contribution in [-0.2, 0) is 4.79 Å². The Balaban J connectivity index is 2.84. The van der Waals surface area contributed by atoms with Crippen molar-refractivity contribution in [3.8, 4) is 5.69 Å². The molecule has 92 valence electrons. The van der Waals surface area contributed by atoms with Gasteiger partial charge in [-0.3, -0.25) is 14.4 Å². The molecule has 6 nitrogen and oxygen atoms in total. The van der Waals surface area contributed by atoms with Gasteiger partial charge in [0, 0.05) is 0 Å². The Bertz CT molecular complexity index is 668. The first kappa shape index (κ1) is 11.8. The summed E-state index contributed by atoms with van der Waals surface area (Å²) in [5.74, 6) is -0.845. The zero-order valence-electron chi connectivity index (χ0n) is 9.66. The highest BCUT2D eigenvalue weighted by atomic mass is 16.2. The molecule has 0 saturated heterocycles. The fourth-order valence-corrected chi connectivity index (χ4v) is 1.84. The van der Waals surface area contributed by atoms with E-state index in [1.54, 1.807) is 30.3 Å². The lowest BCUT2D eigenvalue weighted by molar-refractivity contribution is 0.0998. The van der Waals surface area contributed by atoms with Crippen molar-refractivity contribution in [3.05, 3.63) is 51.9 Å².